The minimum Gasteiger partial charge on any atom is -0.351 e. The van der Waals surface area contributed by atoms with Gasteiger partial charge >= 0.3 is 0 Å². The first-order valence-electron chi connectivity index (χ1n) is 7.83. The number of benzene rings is 2. The summed E-state index contributed by atoms with van der Waals surface area (Å²) in [5.74, 6) is -0.147. The van der Waals surface area contributed by atoms with E-state index in [1.54, 1.807) is 0 Å². The molecule has 1 amide bonds. The van der Waals surface area contributed by atoms with Gasteiger partial charge in [0.2, 0.25) is 5.91 Å². The van der Waals surface area contributed by atoms with Crippen LogP contribution < -0.4 is 5.32 Å². The Morgan fingerprint density at radius 3 is 2.05 bits per heavy atom. The van der Waals surface area contributed by atoms with Crippen molar-refractivity contribution in [2.75, 3.05) is 20.1 Å². The summed E-state index contributed by atoms with van der Waals surface area (Å²) in [7, 11) is 2.10. The number of carbonyl (C=O) groups is 1. The van der Waals surface area contributed by atoms with Gasteiger partial charge in [0.05, 0.1) is 5.92 Å². The summed E-state index contributed by atoms with van der Waals surface area (Å²) in [6.07, 6.45) is 1.03. The van der Waals surface area contributed by atoms with E-state index in [-0.39, 0.29) is 17.9 Å². The van der Waals surface area contributed by atoms with Gasteiger partial charge in [0.1, 0.15) is 0 Å². The predicted octanol–water partition coefficient (Wildman–Crippen LogP) is 2.64. The lowest BCUT2D eigenvalue weighted by atomic mass is 9.90. The highest BCUT2D eigenvalue weighted by Gasteiger charge is 2.27. The number of rotatable bonds is 4. The van der Waals surface area contributed by atoms with E-state index in [1.165, 1.54) is 0 Å². The first-order valence-corrected chi connectivity index (χ1v) is 7.83. The predicted molar refractivity (Wildman–Crippen MR) is 88.8 cm³/mol. The lowest BCUT2D eigenvalue weighted by Gasteiger charge is -2.21. The van der Waals surface area contributed by atoms with Crippen molar-refractivity contribution in [3.63, 3.8) is 0 Å². The molecule has 1 heterocycles. The van der Waals surface area contributed by atoms with Gasteiger partial charge in [-0.1, -0.05) is 60.7 Å². The maximum absolute atomic E-state index is 12.9. The average molecular weight is 294 g/mol. The smallest absolute Gasteiger partial charge is 0.232 e. The van der Waals surface area contributed by atoms with Crippen LogP contribution >= 0.6 is 0 Å². The number of amides is 1. The molecule has 1 N–H and O–H groups in total. The van der Waals surface area contributed by atoms with Crippen LogP contribution in [0.5, 0.6) is 0 Å². The lowest BCUT2D eigenvalue weighted by Crippen LogP contribution is -2.39. The number of likely N-dealkylation sites (N-methyl/N-ethyl adjacent to an activating group) is 1. The fraction of sp³-hybridized carbons (Fsp3) is 0.316. The van der Waals surface area contributed by atoms with Crippen molar-refractivity contribution in [2.24, 2.45) is 0 Å². The van der Waals surface area contributed by atoms with Crippen molar-refractivity contribution >= 4 is 5.91 Å². The number of nitrogens with zero attached hydrogens (tertiary/aromatic N) is 1. The van der Waals surface area contributed by atoms with Crippen molar-refractivity contribution in [2.45, 2.75) is 18.4 Å². The van der Waals surface area contributed by atoms with Crippen LogP contribution in [-0.4, -0.2) is 37.0 Å². The Morgan fingerprint density at radius 1 is 1.05 bits per heavy atom. The Balaban J connectivity index is 1.84. The van der Waals surface area contributed by atoms with Crippen LogP contribution in [0, 0.1) is 0 Å². The molecule has 1 aliphatic rings. The molecule has 3 nitrogen and oxygen atoms in total. The zero-order valence-electron chi connectivity index (χ0n) is 12.9. The molecule has 0 bridgehead atoms. The van der Waals surface area contributed by atoms with Gasteiger partial charge in [-0.15, -0.1) is 0 Å². The third-order valence-electron chi connectivity index (χ3n) is 4.27. The van der Waals surface area contributed by atoms with Crippen molar-refractivity contribution in [3.05, 3.63) is 71.8 Å². The molecule has 0 aliphatic carbocycles. The second-order valence-electron chi connectivity index (χ2n) is 6.01. The molecule has 22 heavy (non-hydrogen) atoms. The average Bonchev–Trinajstić information content (AvgIpc) is 2.95. The van der Waals surface area contributed by atoms with E-state index in [0.29, 0.717) is 0 Å². The normalized spacial score (nSPS) is 18.5. The maximum Gasteiger partial charge on any atom is 0.232 e. The SMILES string of the molecule is CN1CCC(NC(=O)C(c2ccccc2)c2ccccc2)C1. The number of hydrogen-bond acceptors (Lipinski definition) is 2. The molecule has 2 aromatic rings. The first kappa shape index (κ1) is 14.8. The van der Waals surface area contributed by atoms with E-state index < -0.39 is 0 Å². The van der Waals surface area contributed by atoms with Crippen LogP contribution in [0.4, 0.5) is 0 Å². The topological polar surface area (TPSA) is 32.3 Å². The summed E-state index contributed by atoms with van der Waals surface area (Å²) in [6, 6.07) is 20.3. The van der Waals surface area contributed by atoms with Crippen molar-refractivity contribution < 1.29 is 4.79 Å². The van der Waals surface area contributed by atoms with E-state index >= 15 is 0 Å². The van der Waals surface area contributed by atoms with Gasteiger partial charge < -0.3 is 10.2 Å². The Morgan fingerprint density at radius 2 is 1.59 bits per heavy atom. The quantitative estimate of drug-likeness (QED) is 0.940. The zero-order chi connectivity index (χ0) is 15.4. The summed E-state index contributed by atoms with van der Waals surface area (Å²) in [4.78, 5) is 15.1. The summed E-state index contributed by atoms with van der Waals surface area (Å²) < 4.78 is 0. The van der Waals surface area contributed by atoms with Crippen molar-refractivity contribution in [3.8, 4) is 0 Å². The largest absolute Gasteiger partial charge is 0.351 e. The zero-order valence-corrected chi connectivity index (χ0v) is 12.9. The lowest BCUT2D eigenvalue weighted by molar-refractivity contribution is -0.122. The highest BCUT2D eigenvalue weighted by Crippen LogP contribution is 2.25. The van der Waals surface area contributed by atoms with Crippen LogP contribution in [0.15, 0.2) is 60.7 Å². The van der Waals surface area contributed by atoms with Gasteiger partial charge in [0.15, 0.2) is 0 Å². The van der Waals surface area contributed by atoms with Gasteiger partial charge in [0.25, 0.3) is 0 Å². The number of carbonyl (C=O) groups excluding carboxylic acids is 1. The molecule has 1 atom stereocenters. The molecule has 0 radical (unpaired) electrons. The van der Waals surface area contributed by atoms with E-state index in [9.17, 15) is 4.79 Å². The highest BCUT2D eigenvalue weighted by molar-refractivity contribution is 5.87. The summed E-state index contributed by atoms with van der Waals surface area (Å²) in [6.45, 7) is 1.98. The van der Waals surface area contributed by atoms with Gasteiger partial charge in [-0.3, -0.25) is 4.79 Å². The monoisotopic (exact) mass is 294 g/mol. The standard InChI is InChI=1S/C19H22N2O/c1-21-13-12-17(14-21)20-19(22)18(15-8-4-2-5-9-15)16-10-6-3-7-11-16/h2-11,17-18H,12-14H2,1H3,(H,20,22). The van der Waals surface area contributed by atoms with E-state index in [1.807, 2.05) is 60.7 Å². The fourth-order valence-corrected chi connectivity index (χ4v) is 3.12. The van der Waals surface area contributed by atoms with Gasteiger partial charge in [-0.2, -0.15) is 0 Å². The maximum atomic E-state index is 12.9. The summed E-state index contributed by atoms with van der Waals surface area (Å²) in [5, 5.41) is 3.23. The van der Waals surface area contributed by atoms with Crippen molar-refractivity contribution in [1.29, 1.82) is 0 Å². The minimum atomic E-state index is -0.242. The Kier molecular flexibility index (Phi) is 4.54. The minimum absolute atomic E-state index is 0.0951. The van der Waals surface area contributed by atoms with E-state index in [2.05, 4.69) is 17.3 Å². The van der Waals surface area contributed by atoms with Crippen LogP contribution in [0.2, 0.25) is 0 Å². The summed E-state index contributed by atoms with van der Waals surface area (Å²) in [5.41, 5.74) is 2.08. The van der Waals surface area contributed by atoms with Gasteiger partial charge in [-0.25, -0.2) is 0 Å². The van der Waals surface area contributed by atoms with Crippen LogP contribution in [0.1, 0.15) is 23.5 Å². The molecular formula is C19H22N2O. The third-order valence-corrected chi connectivity index (χ3v) is 4.27. The highest BCUT2D eigenvalue weighted by atomic mass is 16.2. The molecule has 114 valence electrons. The molecule has 0 aromatic heterocycles. The molecule has 1 fully saturated rings. The number of nitrogens with one attached hydrogen (secondary N) is 1. The molecule has 3 rings (SSSR count). The van der Waals surface area contributed by atoms with Crippen molar-refractivity contribution in [1.82, 2.24) is 10.2 Å². The van der Waals surface area contributed by atoms with Gasteiger partial charge in [0, 0.05) is 12.6 Å². The molecule has 0 saturated carbocycles. The second-order valence-corrected chi connectivity index (χ2v) is 6.01. The molecule has 0 spiro atoms. The molecule has 2 aromatic carbocycles. The first-order chi connectivity index (χ1) is 10.7. The molecule has 1 aliphatic heterocycles. The second kappa shape index (κ2) is 6.75. The molecule has 1 unspecified atom stereocenters. The summed E-state index contributed by atoms with van der Waals surface area (Å²) >= 11 is 0. The Hall–Kier alpha value is -2.13. The van der Waals surface area contributed by atoms with Gasteiger partial charge in [-0.05, 0) is 31.1 Å². The Bertz CT molecular complexity index is 572. The molecule has 1 saturated heterocycles. The molecule has 3 heteroatoms. The number of hydrogen-bond donors (Lipinski definition) is 1. The fourth-order valence-electron chi connectivity index (χ4n) is 3.12. The number of likely N-dealkylation sites (tertiary alicyclic amines) is 1. The van der Waals surface area contributed by atoms with E-state index in [4.69, 9.17) is 0 Å². The third kappa shape index (κ3) is 3.37. The van der Waals surface area contributed by atoms with E-state index in [0.717, 1.165) is 30.6 Å². The molecular weight excluding hydrogens is 272 g/mol. The Labute approximate surface area is 132 Å². The van der Waals surface area contributed by atoms with Crippen LogP contribution in [0.3, 0.4) is 0 Å². The van der Waals surface area contributed by atoms with Crippen LogP contribution in [0.25, 0.3) is 0 Å². The van der Waals surface area contributed by atoms with Crippen LogP contribution in [-0.2, 0) is 4.79 Å².